The Hall–Kier alpha value is -1.80. The van der Waals surface area contributed by atoms with Crippen LogP contribution < -0.4 is 14.4 Å². The molecule has 1 heterocycles. The second-order valence-corrected chi connectivity index (χ2v) is 10.8. The summed E-state index contributed by atoms with van der Waals surface area (Å²) in [6.45, 7) is 7.27. The molecule has 0 aromatic heterocycles. The molecule has 2 fully saturated rings. The van der Waals surface area contributed by atoms with E-state index in [0.717, 1.165) is 19.3 Å². The zero-order valence-corrected chi connectivity index (χ0v) is 20.0. The molecule has 0 spiro atoms. The lowest BCUT2D eigenvalue weighted by atomic mass is 9.78. The van der Waals surface area contributed by atoms with Crippen LogP contribution in [0.15, 0.2) is 24.3 Å². The Bertz CT molecular complexity index is 843. The molecule has 8 heteroatoms. The number of anilines is 1. The third kappa shape index (κ3) is 5.34. The predicted octanol–water partition coefficient (Wildman–Crippen LogP) is 3.42. The number of carbonyl (C=O) groups excluding carboxylic acids is 1. The SMILES string of the molecule is CCN(c1ccc(OC)cc1)S(=O)(=O)N1CCC[C@H](C(=O)N[C@@H]2CCC[C@H](C)[C@H]2C)C1. The molecule has 2 aliphatic rings. The average molecular weight is 452 g/mol. The molecule has 1 aromatic rings. The van der Waals surface area contributed by atoms with Gasteiger partial charge in [-0.2, -0.15) is 12.7 Å². The molecule has 1 aliphatic heterocycles. The number of hydrogen-bond acceptors (Lipinski definition) is 4. The molecule has 0 bridgehead atoms. The van der Waals surface area contributed by atoms with Crippen LogP contribution in [-0.2, 0) is 15.0 Å². The number of hydrogen-bond donors (Lipinski definition) is 1. The maximum absolute atomic E-state index is 13.4. The molecule has 3 rings (SSSR count). The number of methoxy groups -OCH3 is 1. The van der Waals surface area contributed by atoms with E-state index in [1.54, 1.807) is 31.4 Å². The van der Waals surface area contributed by atoms with Gasteiger partial charge >= 0.3 is 10.2 Å². The van der Waals surface area contributed by atoms with E-state index >= 15 is 0 Å². The van der Waals surface area contributed by atoms with Crippen LogP contribution >= 0.6 is 0 Å². The van der Waals surface area contributed by atoms with Gasteiger partial charge in [-0.05, 0) is 62.3 Å². The molecule has 1 aromatic carbocycles. The van der Waals surface area contributed by atoms with Gasteiger partial charge in [0.1, 0.15) is 5.75 Å². The van der Waals surface area contributed by atoms with E-state index in [0.29, 0.717) is 42.8 Å². The second kappa shape index (κ2) is 10.2. The zero-order chi connectivity index (χ0) is 22.6. The van der Waals surface area contributed by atoms with Crippen molar-refractivity contribution < 1.29 is 17.9 Å². The molecule has 1 saturated heterocycles. The Morgan fingerprint density at radius 3 is 2.52 bits per heavy atom. The Kier molecular flexibility index (Phi) is 7.86. The van der Waals surface area contributed by atoms with E-state index in [2.05, 4.69) is 19.2 Å². The van der Waals surface area contributed by atoms with Crippen LogP contribution in [0.3, 0.4) is 0 Å². The predicted molar refractivity (Wildman–Crippen MR) is 123 cm³/mol. The fraction of sp³-hybridized carbons (Fsp3) is 0.696. The third-order valence-corrected chi connectivity index (χ3v) is 9.05. The first-order valence-corrected chi connectivity index (χ1v) is 12.9. The quantitative estimate of drug-likeness (QED) is 0.689. The summed E-state index contributed by atoms with van der Waals surface area (Å²) < 4.78 is 34.9. The van der Waals surface area contributed by atoms with Gasteiger partial charge in [0, 0.05) is 25.7 Å². The van der Waals surface area contributed by atoms with E-state index in [4.69, 9.17) is 4.74 Å². The highest BCUT2D eigenvalue weighted by Crippen LogP contribution is 2.31. The standard InChI is InChI=1S/C23H37N3O4S/c1-5-26(20-11-13-21(30-4)14-12-20)31(28,29)25-15-7-9-19(16-25)23(27)24-22-10-6-8-17(2)18(22)3/h11-14,17-19,22H,5-10,15-16H2,1-4H3,(H,24,27)/t17-,18+,19-,22+/m0/s1. The number of amides is 1. The fourth-order valence-corrected chi connectivity index (χ4v) is 6.54. The Morgan fingerprint density at radius 2 is 1.87 bits per heavy atom. The van der Waals surface area contributed by atoms with Crippen molar-refractivity contribution in [1.29, 1.82) is 0 Å². The molecular weight excluding hydrogens is 414 g/mol. The summed E-state index contributed by atoms with van der Waals surface area (Å²) in [6, 6.07) is 7.20. The minimum atomic E-state index is -3.72. The highest BCUT2D eigenvalue weighted by molar-refractivity contribution is 7.90. The van der Waals surface area contributed by atoms with Crippen molar-refractivity contribution in [3.63, 3.8) is 0 Å². The number of carbonyl (C=O) groups is 1. The largest absolute Gasteiger partial charge is 0.497 e. The number of rotatable bonds is 7. The van der Waals surface area contributed by atoms with Gasteiger partial charge < -0.3 is 10.1 Å². The van der Waals surface area contributed by atoms with Gasteiger partial charge in [0.05, 0.1) is 18.7 Å². The molecule has 0 radical (unpaired) electrons. The zero-order valence-electron chi connectivity index (χ0n) is 19.2. The van der Waals surface area contributed by atoms with E-state index in [9.17, 15) is 13.2 Å². The normalized spacial score (nSPS) is 27.5. The second-order valence-electron chi connectivity index (χ2n) is 8.95. The lowest BCUT2D eigenvalue weighted by molar-refractivity contribution is -0.127. The van der Waals surface area contributed by atoms with Gasteiger partial charge in [-0.15, -0.1) is 0 Å². The summed E-state index contributed by atoms with van der Waals surface area (Å²) in [7, 11) is -2.14. The molecule has 174 valence electrons. The highest BCUT2D eigenvalue weighted by atomic mass is 32.2. The molecular formula is C23H37N3O4S. The minimum Gasteiger partial charge on any atom is -0.497 e. The summed E-state index contributed by atoms with van der Waals surface area (Å²) in [5, 5.41) is 3.24. The van der Waals surface area contributed by atoms with Crippen LogP contribution in [0, 0.1) is 17.8 Å². The van der Waals surface area contributed by atoms with Crippen LogP contribution in [-0.4, -0.2) is 51.4 Å². The fourth-order valence-electron chi connectivity index (χ4n) is 4.82. The van der Waals surface area contributed by atoms with Gasteiger partial charge in [0.2, 0.25) is 5.91 Å². The van der Waals surface area contributed by atoms with E-state index in [1.165, 1.54) is 15.0 Å². The Labute approximate surface area is 187 Å². The van der Waals surface area contributed by atoms with Crippen molar-refractivity contribution in [2.24, 2.45) is 17.8 Å². The van der Waals surface area contributed by atoms with Crippen LogP contribution in [0.5, 0.6) is 5.75 Å². The van der Waals surface area contributed by atoms with E-state index < -0.39 is 10.2 Å². The molecule has 4 atom stereocenters. The van der Waals surface area contributed by atoms with Crippen molar-refractivity contribution >= 4 is 21.8 Å². The number of nitrogens with one attached hydrogen (secondary N) is 1. The molecule has 1 amide bonds. The molecule has 1 aliphatic carbocycles. The summed E-state index contributed by atoms with van der Waals surface area (Å²) in [4.78, 5) is 13.0. The van der Waals surface area contributed by atoms with Crippen molar-refractivity contribution in [2.45, 2.75) is 58.9 Å². The third-order valence-electron chi connectivity index (χ3n) is 7.04. The van der Waals surface area contributed by atoms with Gasteiger partial charge in [-0.1, -0.05) is 26.7 Å². The number of piperidine rings is 1. The van der Waals surface area contributed by atoms with Crippen LogP contribution in [0.1, 0.15) is 52.9 Å². The van der Waals surface area contributed by atoms with Crippen molar-refractivity contribution in [1.82, 2.24) is 9.62 Å². The number of ether oxygens (including phenoxy) is 1. The summed E-state index contributed by atoms with van der Waals surface area (Å²) in [6.07, 6.45) is 4.76. The Balaban J connectivity index is 1.69. The van der Waals surface area contributed by atoms with Crippen molar-refractivity contribution in [3.05, 3.63) is 24.3 Å². The van der Waals surface area contributed by atoms with Gasteiger partial charge in [0.15, 0.2) is 0 Å². The van der Waals surface area contributed by atoms with E-state index in [-0.39, 0.29) is 24.4 Å². The maximum atomic E-state index is 13.4. The number of nitrogens with zero attached hydrogens (tertiary/aromatic N) is 2. The van der Waals surface area contributed by atoms with Crippen LogP contribution in [0.25, 0.3) is 0 Å². The molecule has 0 unspecified atom stereocenters. The van der Waals surface area contributed by atoms with Crippen molar-refractivity contribution in [2.75, 3.05) is 31.0 Å². The van der Waals surface area contributed by atoms with E-state index in [1.807, 2.05) is 6.92 Å². The monoisotopic (exact) mass is 451 g/mol. The smallest absolute Gasteiger partial charge is 0.304 e. The summed E-state index contributed by atoms with van der Waals surface area (Å²) in [5.41, 5.74) is 0.597. The summed E-state index contributed by atoms with van der Waals surface area (Å²) >= 11 is 0. The molecule has 1 saturated carbocycles. The highest BCUT2D eigenvalue weighted by Gasteiger charge is 2.37. The summed E-state index contributed by atoms with van der Waals surface area (Å²) in [5.74, 6) is 1.43. The average Bonchev–Trinajstić information content (AvgIpc) is 2.77. The topological polar surface area (TPSA) is 79.0 Å². The van der Waals surface area contributed by atoms with Crippen LogP contribution in [0.4, 0.5) is 5.69 Å². The Morgan fingerprint density at radius 1 is 1.16 bits per heavy atom. The van der Waals surface area contributed by atoms with Crippen LogP contribution in [0.2, 0.25) is 0 Å². The van der Waals surface area contributed by atoms with Crippen molar-refractivity contribution in [3.8, 4) is 5.75 Å². The van der Waals surface area contributed by atoms with Gasteiger partial charge in [-0.3, -0.25) is 9.10 Å². The number of benzene rings is 1. The molecule has 7 nitrogen and oxygen atoms in total. The van der Waals surface area contributed by atoms with Gasteiger partial charge in [-0.25, -0.2) is 0 Å². The van der Waals surface area contributed by atoms with Gasteiger partial charge in [0.25, 0.3) is 0 Å². The molecule has 31 heavy (non-hydrogen) atoms. The first-order valence-electron chi connectivity index (χ1n) is 11.5. The molecule has 1 N–H and O–H groups in total. The lowest BCUT2D eigenvalue weighted by Gasteiger charge is -2.38. The maximum Gasteiger partial charge on any atom is 0.304 e. The first-order chi connectivity index (χ1) is 14.8. The lowest BCUT2D eigenvalue weighted by Crippen LogP contribution is -2.52. The minimum absolute atomic E-state index is 0.00153. The first kappa shape index (κ1) is 23.9.